The van der Waals surface area contributed by atoms with Crippen LogP contribution < -0.4 is 10.6 Å². The topological polar surface area (TPSA) is 50.4 Å². The van der Waals surface area contributed by atoms with Gasteiger partial charge in [0.25, 0.3) is 0 Å². The smallest absolute Gasteiger partial charge is 0.228 e. The highest BCUT2D eigenvalue weighted by Gasteiger charge is 2.42. The Balaban J connectivity index is 0.00000162. The van der Waals surface area contributed by atoms with E-state index in [4.69, 9.17) is 4.74 Å². The Kier molecular flexibility index (Phi) is 5.44. The van der Waals surface area contributed by atoms with E-state index in [0.29, 0.717) is 12.0 Å². The van der Waals surface area contributed by atoms with Crippen molar-refractivity contribution < 1.29 is 9.53 Å². The van der Waals surface area contributed by atoms with Gasteiger partial charge in [-0.1, -0.05) is 6.92 Å². The van der Waals surface area contributed by atoms with Crippen molar-refractivity contribution in [2.45, 2.75) is 32.6 Å². The van der Waals surface area contributed by atoms with Crippen LogP contribution in [0.15, 0.2) is 0 Å². The predicted molar refractivity (Wildman–Crippen MR) is 74.0 cm³/mol. The Morgan fingerprint density at radius 1 is 1.28 bits per heavy atom. The van der Waals surface area contributed by atoms with Crippen LogP contribution in [0.3, 0.4) is 0 Å². The lowest BCUT2D eigenvalue weighted by Gasteiger charge is -2.35. The van der Waals surface area contributed by atoms with Gasteiger partial charge >= 0.3 is 0 Å². The minimum Gasteiger partial charge on any atom is -0.384 e. The van der Waals surface area contributed by atoms with Crippen LogP contribution in [0.4, 0.5) is 0 Å². The molecule has 2 rings (SSSR count). The highest BCUT2D eigenvalue weighted by Crippen LogP contribution is 2.44. The molecule has 0 atom stereocenters. The van der Waals surface area contributed by atoms with Crippen molar-refractivity contribution >= 4 is 18.3 Å². The van der Waals surface area contributed by atoms with E-state index in [2.05, 4.69) is 17.6 Å². The summed E-state index contributed by atoms with van der Waals surface area (Å²) in [7, 11) is 1.68. The summed E-state index contributed by atoms with van der Waals surface area (Å²) >= 11 is 0. The zero-order valence-electron chi connectivity index (χ0n) is 11.4. The molecular weight excluding hydrogens is 252 g/mol. The lowest BCUT2D eigenvalue weighted by atomic mass is 9.78. The fourth-order valence-electron chi connectivity index (χ4n) is 2.49. The summed E-state index contributed by atoms with van der Waals surface area (Å²) in [5, 5.41) is 6.44. The van der Waals surface area contributed by atoms with Crippen molar-refractivity contribution in [2.75, 3.05) is 33.4 Å². The normalized spacial score (nSPS) is 23.9. The van der Waals surface area contributed by atoms with Crippen LogP contribution in [0.25, 0.3) is 0 Å². The number of rotatable bonds is 5. The molecule has 0 aromatic carbocycles. The summed E-state index contributed by atoms with van der Waals surface area (Å²) in [4.78, 5) is 12.4. The van der Waals surface area contributed by atoms with Crippen molar-refractivity contribution in [1.29, 1.82) is 0 Å². The zero-order valence-corrected chi connectivity index (χ0v) is 12.2. The van der Waals surface area contributed by atoms with E-state index in [1.54, 1.807) is 7.11 Å². The van der Waals surface area contributed by atoms with Gasteiger partial charge in [-0.15, -0.1) is 12.4 Å². The van der Waals surface area contributed by atoms with Crippen molar-refractivity contribution in [3.63, 3.8) is 0 Å². The number of nitrogens with one attached hydrogen (secondary N) is 2. The molecule has 0 unspecified atom stereocenters. The molecule has 0 aromatic rings. The van der Waals surface area contributed by atoms with Gasteiger partial charge < -0.3 is 15.4 Å². The second-order valence-electron chi connectivity index (χ2n) is 5.96. The quantitative estimate of drug-likeness (QED) is 0.797. The number of hydrogen-bond donors (Lipinski definition) is 2. The van der Waals surface area contributed by atoms with Gasteiger partial charge in [0.1, 0.15) is 0 Å². The maximum atomic E-state index is 12.4. The standard InChI is InChI=1S/C13H24N2O2.ClH/c1-12(3-4-12)9-15-11(16)13(10-17-2)5-7-14-8-6-13;/h14H,3-10H2,1-2H3,(H,15,16);1H. The maximum absolute atomic E-state index is 12.4. The van der Waals surface area contributed by atoms with Crippen molar-refractivity contribution in [1.82, 2.24) is 10.6 Å². The molecular formula is C13H25ClN2O2. The number of carbonyl (C=O) groups is 1. The molecule has 1 saturated heterocycles. The molecule has 1 amide bonds. The number of ether oxygens (including phenoxy) is 1. The van der Waals surface area contributed by atoms with Gasteiger partial charge in [-0.2, -0.15) is 0 Å². The van der Waals surface area contributed by atoms with E-state index >= 15 is 0 Å². The Morgan fingerprint density at radius 3 is 2.39 bits per heavy atom. The number of amides is 1. The van der Waals surface area contributed by atoms with E-state index in [0.717, 1.165) is 32.5 Å². The zero-order chi connectivity index (χ0) is 12.4. The van der Waals surface area contributed by atoms with Crippen LogP contribution in [0.1, 0.15) is 32.6 Å². The summed E-state index contributed by atoms with van der Waals surface area (Å²) in [6.07, 6.45) is 4.24. The van der Waals surface area contributed by atoms with Crippen molar-refractivity contribution in [2.24, 2.45) is 10.8 Å². The van der Waals surface area contributed by atoms with E-state index in [-0.39, 0.29) is 23.7 Å². The Hall–Kier alpha value is -0.320. The molecule has 0 radical (unpaired) electrons. The van der Waals surface area contributed by atoms with Crippen LogP contribution in [0.2, 0.25) is 0 Å². The molecule has 2 N–H and O–H groups in total. The summed E-state index contributed by atoms with van der Waals surface area (Å²) in [5.41, 5.74) is 0.0715. The fourth-order valence-corrected chi connectivity index (χ4v) is 2.49. The first-order valence-corrected chi connectivity index (χ1v) is 6.58. The molecule has 18 heavy (non-hydrogen) atoms. The summed E-state index contributed by atoms with van der Waals surface area (Å²) in [5.74, 6) is 0.189. The molecule has 0 aromatic heterocycles. The summed E-state index contributed by atoms with van der Waals surface area (Å²) in [6.45, 7) is 5.42. The van der Waals surface area contributed by atoms with Crippen molar-refractivity contribution in [3.8, 4) is 0 Å². The van der Waals surface area contributed by atoms with Gasteiger partial charge in [0.05, 0.1) is 12.0 Å². The first kappa shape index (κ1) is 15.7. The fraction of sp³-hybridized carbons (Fsp3) is 0.923. The second kappa shape index (κ2) is 6.22. The Morgan fingerprint density at radius 2 is 1.89 bits per heavy atom. The number of piperidine rings is 1. The maximum Gasteiger partial charge on any atom is 0.228 e. The highest BCUT2D eigenvalue weighted by molar-refractivity contribution is 5.85. The molecule has 2 aliphatic rings. The Bertz CT molecular complexity index is 281. The Labute approximate surface area is 116 Å². The number of hydrogen-bond acceptors (Lipinski definition) is 3. The first-order chi connectivity index (χ1) is 8.10. The molecule has 1 saturated carbocycles. The third-order valence-electron chi connectivity index (χ3n) is 4.24. The van der Waals surface area contributed by atoms with Gasteiger partial charge in [0, 0.05) is 13.7 Å². The summed E-state index contributed by atoms with van der Waals surface area (Å²) < 4.78 is 5.26. The van der Waals surface area contributed by atoms with Gasteiger partial charge in [0.2, 0.25) is 5.91 Å². The van der Waals surface area contributed by atoms with Gasteiger partial charge in [-0.05, 0) is 44.2 Å². The molecule has 0 bridgehead atoms. The number of methoxy groups -OCH3 is 1. The minimum atomic E-state index is -0.300. The molecule has 2 fully saturated rings. The number of halogens is 1. The SMILES string of the molecule is COCC1(C(=O)NCC2(C)CC2)CCNCC1.Cl. The third kappa shape index (κ3) is 3.59. The third-order valence-corrected chi connectivity index (χ3v) is 4.24. The molecule has 5 heteroatoms. The van der Waals surface area contributed by atoms with E-state index in [1.807, 2.05) is 0 Å². The average molecular weight is 277 g/mol. The molecule has 1 aliphatic carbocycles. The first-order valence-electron chi connectivity index (χ1n) is 6.58. The van der Waals surface area contributed by atoms with E-state index < -0.39 is 0 Å². The van der Waals surface area contributed by atoms with Crippen molar-refractivity contribution in [3.05, 3.63) is 0 Å². The van der Waals surface area contributed by atoms with Gasteiger partial charge in [-0.3, -0.25) is 4.79 Å². The van der Waals surface area contributed by atoms with Crippen LogP contribution in [0.5, 0.6) is 0 Å². The average Bonchev–Trinajstić information content (AvgIpc) is 3.06. The van der Waals surface area contributed by atoms with Gasteiger partial charge in [0.15, 0.2) is 0 Å². The van der Waals surface area contributed by atoms with Crippen LogP contribution >= 0.6 is 12.4 Å². The highest BCUT2D eigenvalue weighted by atomic mass is 35.5. The molecule has 4 nitrogen and oxygen atoms in total. The molecule has 1 aliphatic heterocycles. The van der Waals surface area contributed by atoms with E-state index in [9.17, 15) is 4.79 Å². The monoisotopic (exact) mass is 276 g/mol. The molecule has 106 valence electrons. The van der Waals surface area contributed by atoms with Crippen LogP contribution in [0, 0.1) is 10.8 Å². The van der Waals surface area contributed by atoms with Crippen LogP contribution in [-0.2, 0) is 9.53 Å². The van der Waals surface area contributed by atoms with Gasteiger partial charge in [-0.25, -0.2) is 0 Å². The van der Waals surface area contributed by atoms with E-state index in [1.165, 1.54) is 12.8 Å². The summed E-state index contributed by atoms with van der Waals surface area (Å²) in [6, 6.07) is 0. The lowest BCUT2D eigenvalue weighted by molar-refractivity contribution is -0.136. The minimum absolute atomic E-state index is 0. The molecule has 1 heterocycles. The van der Waals surface area contributed by atoms with Crippen LogP contribution in [-0.4, -0.2) is 39.3 Å². The number of carbonyl (C=O) groups excluding carboxylic acids is 1. The predicted octanol–water partition coefficient (Wildman–Crippen LogP) is 1.34. The molecule has 0 spiro atoms. The lowest BCUT2D eigenvalue weighted by Crippen LogP contribution is -2.50. The largest absolute Gasteiger partial charge is 0.384 e. The second-order valence-corrected chi connectivity index (χ2v) is 5.96.